The van der Waals surface area contributed by atoms with Crippen LogP contribution in [0.25, 0.3) is 16.7 Å². The van der Waals surface area contributed by atoms with Crippen LogP contribution in [0.3, 0.4) is 0 Å². The van der Waals surface area contributed by atoms with Gasteiger partial charge in [0.25, 0.3) is 0 Å². The molecule has 0 saturated carbocycles. The average molecular weight is 1030 g/mol. The van der Waals surface area contributed by atoms with E-state index in [-0.39, 0.29) is 70.5 Å². The number of nitrogens with zero attached hydrogens (tertiary/aromatic N) is 3. The van der Waals surface area contributed by atoms with Gasteiger partial charge in [-0.15, -0.1) is 0 Å². The van der Waals surface area contributed by atoms with Crippen LogP contribution in [0.2, 0.25) is 0 Å². The van der Waals surface area contributed by atoms with E-state index in [1.165, 1.54) is 78.2 Å². The number of fused-ring (bicyclic) bond motifs is 15. The van der Waals surface area contributed by atoms with Crippen molar-refractivity contribution in [1.29, 1.82) is 5.26 Å². The van der Waals surface area contributed by atoms with E-state index in [4.69, 9.17) is 0 Å². The minimum atomic E-state index is -0.386. The van der Waals surface area contributed by atoms with Crippen LogP contribution in [0.5, 0.6) is 0 Å². The van der Waals surface area contributed by atoms with Crippen molar-refractivity contribution in [1.82, 2.24) is 16.0 Å². The number of rotatable bonds is 5. The lowest BCUT2D eigenvalue weighted by Crippen LogP contribution is -2.54. The first-order chi connectivity index (χ1) is 38.4. The molecule has 0 bridgehead atoms. The Labute approximate surface area is 465 Å². The van der Waals surface area contributed by atoms with Crippen molar-refractivity contribution in [2.24, 2.45) is 11.8 Å². The van der Waals surface area contributed by atoms with Gasteiger partial charge < -0.3 is 9.80 Å². The second-order valence-electron chi connectivity index (χ2n) is 25.5. The molecule has 7 aromatic rings. The molecule has 0 aromatic heterocycles. The highest BCUT2D eigenvalue weighted by Gasteiger charge is 2.55. The highest BCUT2D eigenvalue weighted by molar-refractivity contribution is 5.93. The zero-order valence-electron chi connectivity index (χ0n) is 45.9. The number of nitrogens with one attached hydrogen (secondary N) is 3. The number of hydrogen-bond acceptors (Lipinski definition) is 6. The van der Waals surface area contributed by atoms with Crippen LogP contribution in [0, 0.1) is 23.2 Å². The average Bonchev–Trinajstić information content (AvgIpc) is 4.31. The number of allylic oxidation sites excluding steroid dienone is 6. The normalized spacial score (nSPS) is 28.0. The van der Waals surface area contributed by atoms with E-state index in [1.54, 1.807) is 5.57 Å². The molecule has 0 amide bonds. The lowest BCUT2D eigenvalue weighted by atomic mass is 9.72. The van der Waals surface area contributed by atoms with Gasteiger partial charge in [-0.05, 0) is 121 Å². The SMILES string of the molecule is CC1(C)C2=C(c3ccccc31)C1C(CC2)c2ccccc2N1c1cc(N2C3=C(C=CC4C3c3ccccc3C4(C)C)C3C=CC=CC32)c(C2NC(c3ccccc3)NC(c3ccc4c(c3)-c3ccccc3C4(C)C)N2)cc1C#N. The fourth-order valence-corrected chi connectivity index (χ4v) is 17.0. The van der Waals surface area contributed by atoms with E-state index >= 15 is 0 Å². The van der Waals surface area contributed by atoms with Crippen molar-refractivity contribution >= 4 is 22.6 Å². The number of nitriles is 1. The predicted octanol–water partition coefficient (Wildman–Crippen LogP) is 15.6. The molecule has 9 aliphatic rings. The summed E-state index contributed by atoms with van der Waals surface area (Å²) in [6.07, 6.45) is 15.7. The molecule has 9 atom stereocenters. The van der Waals surface area contributed by atoms with E-state index in [0.29, 0.717) is 5.56 Å². The predicted molar refractivity (Wildman–Crippen MR) is 320 cm³/mol. The second-order valence-corrected chi connectivity index (χ2v) is 25.5. The first-order valence-corrected chi connectivity index (χ1v) is 29.0. The molecule has 3 heterocycles. The summed E-state index contributed by atoms with van der Waals surface area (Å²) in [6.45, 7) is 14.5. The summed E-state index contributed by atoms with van der Waals surface area (Å²) in [6, 6.07) is 62.1. The van der Waals surface area contributed by atoms with Gasteiger partial charge in [-0.3, -0.25) is 16.0 Å². The van der Waals surface area contributed by atoms with Gasteiger partial charge in [0.2, 0.25) is 0 Å². The third-order valence-corrected chi connectivity index (χ3v) is 20.7. The highest BCUT2D eigenvalue weighted by atomic mass is 15.4. The molecule has 16 rings (SSSR count). The summed E-state index contributed by atoms with van der Waals surface area (Å²) in [5.74, 6) is 0.831. The fourth-order valence-electron chi connectivity index (χ4n) is 17.0. The third-order valence-electron chi connectivity index (χ3n) is 20.7. The van der Waals surface area contributed by atoms with Crippen molar-refractivity contribution in [3.05, 3.63) is 272 Å². The van der Waals surface area contributed by atoms with E-state index in [9.17, 15) is 5.26 Å². The zero-order valence-corrected chi connectivity index (χ0v) is 45.9. The number of benzene rings is 7. The second kappa shape index (κ2) is 16.9. The maximum absolute atomic E-state index is 12.0. The number of anilines is 3. The lowest BCUT2D eigenvalue weighted by Gasteiger charge is -2.43. The monoisotopic (exact) mass is 1030 g/mol. The molecule has 6 nitrogen and oxygen atoms in total. The van der Waals surface area contributed by atoms with Gasteiger partial charge in [0.05, 0.1) is 41.8 Å². The van der Waals surface area contributed by atoms with Crippen LogP contribution in [0.4, 0.5) is 17.1 Å². The summed E-state index contributed by atoms with van der Waals surface area (Å²) in [4.78, 5) is 5.38. The van der Waals surface area contributed by atoms with E-state index < -0.39 is 0 Å². The van der Waals surface area contributed by atoms with Crippen molar-refractivity contribution in [3.8, 4) is 17.2 Å². The Morgan fingerprint density at radius 3 is 1.99 bits per heavy atom. The Kier molecular flexibility index (Phi) is 10.1. The van der Waals surface area contributed by atoms with Crippen LogP contribution in [-0.4, -0.2) is 12.1 Å². The molecule has 6 heteroatoms. The summed E-state index contributed by atoms with van der Waals surface area (Å²) < 4.78 is 0. The maximum Gasteiger partial charge on any atom is 0.101 e. The van der Waals surface area contributed by atoms with Crippen LogP contribution >= 0.6 is 0 Å². The van der Waals surface area contributed by atoms with E-state index in [0.717, 1.165) is 35.3 Å². The molecule has 388 valence electrons. The molecule has 0 radical (unpaired) electrons. The molecular formula is C73H66N6. The van der Waals surface area contributed by atoms with Gasteiger partial charge in [-0.2, -0.15) is 5.26 Å². The van der Waals surface area contributed by atoms with Crippen LogP contribution < -0.4 is 25.8 Å². The van der Waals surface area contributed by atoms with E-state index in [2.05, 4.69) is 268 Å². The Morgan fingerprint density at radius 2 is 1.19 bits per heavy atom. The van der Waals surface area contributed by atoms with Gasteiger partial charge in [-0.1, -0.05) is 217 Å². The van der Waals surface area contributed by atoms with Crippen LogP contribution in [-0.2, 0) is 16.2 Å². The van der Waals surface area contributed by atoms with Gasteiger partial charge in [-0.25, -0.2) is 0 Å². The van der Waals surface area contributed by atoms with Gasteiger partial charge >= 0.3 is 0 Å². The van der Waals surface area contributed by atoms with Crippen molar-refractivity contribution in [3.63, 3.8) is 0 Å². The minimum absolute atomic E-state index is 0.0153. The Balaban J connectivity index is 0.933. The summed E-state index contributed by atoms with van der Waals surface area (Å²) >= 11 is 0. The Bertz CT molecular complexity index is 3970. The van der Waals surface area contributed by atoms with Crippen molar-refractivity contribution in [2.75, 3.05) is 9.80 Å². The topological polar surface area (TPSA) is 66.4 Å². The Hall–Kier alpha value is -7.79. The highest BCUT2D eigenvalue weighted by Crippen LogP contribution is 2.64. The first-order valence-electron chi connectivity index (χ1n) is 29.0. The number of para-hydroxylation sites is 1. The molecule has 79 heavy (non-hydrogen) atoms. The molecule has 0 spiro atoms. The third kappa shape index (κ3) is 6.50. The van der Waals surface area contributed by atoms with Crippen LogP contribution in [0.15, 0.2) is 211 Å². The molecular weight excluding hydrogens is 961 g/mol. The molecule has 3 N–H and O–H groups in total. The lowest BCUT2D eigenvalue weighted by molar-refractivity contribution is 0.203. The Morgan fingerprint density at radius 1 is 0.532 bits per heavy atom. The van der Waals surface area contributed by atoms with Gasteiger partial charge in [0.15, 0.2) is 0 Å². The van der Waals surface area contributed by atoms with Crippen molar-refractivity contribution < 1.29 is 0 Å². The maximum atomic E-state index is 12.0. The van der Waals surface area contributed by atoms with Crippen molar-refractivity contribution in [2.45, 2.75) is 113 Å². The molecule has 6 aliphatic carbocycles. The quantitative estimate of drug-likeness (QED) is 0.160. The summed E-state index contributed by atoms with van der Waals surface area (Å²) in [7, 11) is 0. The summed E-state index contributed by atoms with van der Waals surface area (Å²) in [5.41, 5.74) is 25.2. The largest absolute Gasteiger partial charge is 0.336 e. The molecule has 1 fully saturated rings. The summed E-state index contributed by atoms with van der Waals surface area (Å²) in [5, 5.41) is 24.4. The molecule has 1 saturated heterocycles. The molecule has 3 aliphatic heterocycles. The molecule has 9 unspecified atom stereocenters. The first kappa shape index (κ1) is 47.2. The molecule has 7 aromatic carbocycles. The van der Waals surface area contributed by atoms with Crippen LogP contribution in [0.1, 0.15) is 146 Å². The van der Waals surface area contributed by atoms with E-state index in [1.807, 2.05) is 0 Å². The smallest absolute Gasteiger partial charge is 0.101 e. The minimum Gasteiger partial charge on any atom is -0.336 e. The zero-order chi connectivity index (χ0) is 53.3. The van der Waals surface area contributed by atoms with Gasteiger partial charge in [0.1, 0.15) is 6.07 Å². The number of hydrogen-bond donors (Lipinski definition) is 3. The standard InChI is InChI=1S/C73H66N6/c1-71(2)54-27-15-10-22-45(54)52-38-43(32-35-57(52)71)69-75-68(42-20-8-7-9-21-42)76-70(77-69)53-39-44(41-74)62(78-60-30-18-13-23-46(60)48-33-36-58-64(66(48)78)50-25-11-16-28-55(50)72(58,3)4)40-63(53)79-61-31-19-14-24-47(61)49-34-37-59-65(67(49)79)51-26-12-17-29-56(51)73(59,5)6/h7-32,34-35,37-40,47-48,59,61,65-66,68-70,75-77H,33,36H2,1-6H3. The fraction of sp³-hybridized carbons (Fsp3) is 0.274. The van der Waals surface area contributed by atoms with Gasteiger partial charge in [0, 0.05) is 51.2 Å².